The molecule has 0 radical (unpaired) electrons. The molecule has 0 saturated heterocycles. The highest BCUT2D eigenvalue weighted by Gasteiger charge is 2.15. The van der Waals surface area contributed by atoms with Gasteiger partial charge in [0.2, 0.25) is 5.82 Å². The quantitative estimate of drug-likeness (QED) is 0.678. The summed E-state index contributed by atoms with van der Waals surface area (Å²) in [6.45, 7) is -0.159. The predicted molar refractivity (Wildman–Crippen MR) is 83.5 cm³/mol. The molecule has 0 unspecified atom stereocenters. The third kappa shape index (κ3) is 3.68. The Bertz CT molecular complexity index is 883. The van der Waals surface area contributed by atoms with Crippen molar-refractivity contribution in [3.8, 4) is 28.6 Å². The lowest BCUT2D eigenvalue weighted by Gasteiger charge is -2.07. The zero-order chi connectivity index (χ0) is 17.8. The molecule has 0 N–H and O–H groups in total. The molecular weight excluding hydrogens is 334 g/mol. The van der Waals surface area contributed by atoms with Crippen molar-refractivity contribution in [2.45, 2.75) is 6.61 Å². The molecule has 0 aliphatic carbocycles. The van der Waals surface area contributed by atoms with Gasteiger partial charge in [-0.1, -0.05) is 5.16 Å². The molecule has 0 saturated carbocycles. The number of halogens is 2. The van der Waals surface area contributed by atoms with Gasteiger partial charge in [0.1, 0.15) is 17.3 Å². The van der Waals surface area contributed by atoms with E-state index >= 15 is 0 Å². The number of hydrogen-bond acceptors (Lipinski definition) is 6. The van der Waals surface area contributed by atoms with E-state index in [1.54, 1.807) is 25.3 Å². The number of rotatable bonds is 6. The Hall–Kier alpha value is -3.16. The third-order valence-corrected chi connectivity index (χ3v) is 3.36. The topological polar surface area (TPSA) is 66.6 Å². The van der Waals surface area contributed by atoms with Gasteiger partial charge in [0, 0.05) is 12.1 Å². The van der Waals surface area contributed by atoms with E-state index in [4.69, 9.17) is 18.7 Å². The predicted octanol–water partition coefficient (Wildman–Crippen LogP) is 3.61. The molecule has 0 aliphatic rings. The Kier molecular flexibility index (Phi) is 4.78. The monoisotopic (exact) mass is 348 g/mol. The summed E-state index contributed by atoms with van der Waals surface area (Å²) in [6.07, 6.45) is 0. The minimum absolute atomic E-state index is 0.108. The van der Waals surface area contributed by atoms with Crippen molar-refractivity contribution in [1.29, 1.82) is 0 Å². The van der Waals surface area contributed by atoms with Gasteiger partial charge in [-0.2, -0.15) is 4.98 Å². The molecule has 0 aliphatic heterocycles. The standard InChI is InChI=1S/C17H14F2N2O4/c1-22-11-4-5-12(15(8-11)23-2)17-20-16(25-21-17)9-24-14-6-3-10(18)7-13(14)19/h3-8H,9H2,1-2H3. The van der Waals surface area contributed by atoms with Crippen LogP contribution in [0.2, 0.25) is 0 Å². The molecule has 0 bridgehead atoms. The van der Waals surface area contributed by atoms with Crippen molar-refractivity contribution >= 4 is 0 Å². The first-order valence-electron chi connectivity index (χ1n) is 7.23. The minimum Gasteiger partial charge on any atom is -0.497 e. The SMILES string of the molecule is COc1ccc(-c2noc(COc3ccc(F)cc3F)n2)c(OC)c1. The molecule has 0 spiro atoms. The highest BCUT2D eigenvalue weighted by Crippen LogP contribution is 2.31. The van der Waals surface area contributed by atoms with Crippen molar-refractivity contribution in [1.82, 2.24) is 10.1 Å². The van der Waals surface area contributed by atoms with E-state index in [9.17, 15) is 8.78 Å². The van der Waals surface area contributed by atoms with E-state index in [2.05, 4.69) is 10.1 Å². The molecule has 8 heteroatoms. The first-order chi connectivity index (χ1) is 12.1. The molecule has 6 nitrogen and oxygen atoms in total. The Labute approximate surface area is 141 Å². The molecule has 3 rings (SSSR count). The van der Waals surface area contributed by atoms with Gasteiger partial charge < -0.3 is 18.7 Å². The van der Waals surface area contributed by atoms with Crippen LogP contribution in [0.15, 0.2) is 40.9 Å². The van der Waals surface area contributed by atoms with Crippen LogP contribution < -0.4 is 14.2 Å². The number of aromatic nitrogens is 2. The van der Waals surface area contributed by atoms with Crippen LogP contribution in [-0.4, -0.2) is 24.4 Å². The highest BCUT2D eigenvalue weighted by molar-refractivity contribution is 5.65. The molecule has 0 fully saturated rings. The van der Waals surface area contributed by atoms with E-state index in [0.717, 1.165) is 12.1 Å². The van der Waals surface area contributed by atoms with Crippen LogP contribution in [0.4, 0.5) is 8.78 Å². The average molecular weight is 348 g/mol. The molecule has 1 aromatic heterocycles. The van der Waals surface area contributed by atoms with Gasteiger partial charge in [0.25, 0.3) is 5.89 Å². The van der Waals surface area contributed by atoms with E-state index in [0.29, 0.717) is 17.1 Å². The van der Waals surface area contributed by atoms with E-state index in [1.807, 2.05) is 0 Å². The summed E-state index contributed by atoms with van der Waals surface area (Å²) in [5, 5.41) is 3.86. The fraction of sp³-hybridized carbons (Fsp3) is 0.176. The van der Waals surface area contributed by atoms with Crippen molar-refractivity contribution in [3.63, 3.8) is 0 Å². The normalized spacial score (nSPS) is 10.6. The summed E-state index contributed by atoms with van der Waals surface area (Å²) >= 11 is 0. The van der Waals surface area contributed by atoms with Crippen LogP contribution in [0.1, 0.15) is 5.89 Å². The third-order valence-electron chi connectivity index (χ3n) is 3.36. The molecule has 1 heterocycles. The Morgan fingerprint density at radius 2 is 1.84 bits per heavy atom. The Balaban J connectivity index is 1.76. The zero-order valence-electron chi connectivity index (χ0n) is 13.5. The zero-order valence-corrected chi connectivity index (χ0v) is 13.5. The van der Waals surface area contributed by atoms with Crippen LogP contribution in [-0.2, 0) is 6.61 Å². The van der Waals surface area contributed by atoms with Gasteiger partial charge in [0.05, 0.1) is 19.8 Å². The Morgan fingerprint density at radius 3 is 2.56 bits per heavy atom. The number of ether oxygens (including phenoxy) is 3. The lowest BCUT2D eigenvalue weighted by molar-refractivity contribution is 0.234. The molecule has 3 aromatic rings. The fourth-order valence-corrected chi connectivity index (χ4v) is 2.14. The molecule has 130 valence electrons. The van der Waals surface area contributed by atoms with Gasteiger partial charge in [-0.3, -0.25) is 0 Å². The van der Waals surface area contributed by atoms with Crippen LogP contribution in [0.5, 0.6) is 17.2 Å². The van der Waals surface area contributed by atoms with Gasteiger partial charge >= 0.3 is 0 Å². The number of nitrogens with zero attached hydrogens (tertiary/aromatic N) is 2. The van der Waals surface area contributed by atoms with Gasteiger partial charge in [-0.15, -0.1) is 0 Å². The minimum atomic E-state index is -0.809. The second kappa shape index (κ2) is 7.16. The van der Waals surface area contributed by atoms with Gasteiger partial charge in [0.15, 0.2) is 18.2 Å². The van der Waals surface area contributed by atoms with Crippen LogP contribution in [0, 0.1) is 11.6 Å². The smallest absolute Gasteiger partial charge is 0.264 e. The van der Waals surface area contributed by atoms with Gasteiger partial charge in [-0.25, -0.2) is 8.78 Å². The number of benzene rings is 2. The lowest BCUT2D eigenvalue weighted by atomic mass is 10.2. The van der Waals surface area contributed by atoms with Crippen molar-refractivity contribution < 1.29 is 27.5 Å². The van der Waals surface area contributed by atoms with Crippen molar-refractivity contribution in [2.24, 2.45) is 0 Å². The summed E-state index contributed by atoms with van der Waals surface area (Å²) in [5.74, 6) is -0.0396. The fourth-order valence-electron chi connectivity index (χ4n) is 2.14. The summed E-state index contributed by atoms with van der Waals surface area (Å²) in [4.78, 5) is 4.19. The molecular formula is C17H14F2N2O4. The maximum atomic E-state index is 13.5. The van der Waals surface area contributed by atoms with Crippen LogP contribution >= 0.6 is 0 Å². The van der Waals surface area contributed by atoms with E-state index in [-0.39, 0.29) is 24.1 Å². The Morgan fingerprint density at radius 1 is 1.00 bits per heavy atom. The van der Waals surface area contributed by atoms with Gasteiger partial charge in [-0.05, 0) is 24.3 Å². The molecule has 0 amide bonds. The summed E-state index contributed by atoms with van der Waals surface area (Å²) < 4.78 is 47.1. The highest BCUT2D eigenvalue weighted by atomic mass is 19.1. The average Bonchev–Trinajstić information content (AvgIpc) is 3.09. The lowest BCUT2D eigenvalue weighted by Crippen LogP contribution is -1.98. The molecule has 0 atom stereocenters. The van der Waals surface area contributed by atoms with E-state index < -0.39 is 11.6 Å². The van der Waals surface area contributed by atoms with Crippen LogP contribution in [0.3, 0.4) is 0 Å². The first kappa shape index (κ1) is 16.7. The van der Waals surface area contributed by atoms with Crippen molar-refractivity contribution in [2.75, 3.05) is 14.2 Å². The first-order valence-corrected chi connectivity index (χ1v) is 7.23. The summed E-state index contributed by atoms with van der Waals surface area (Å²) in [7, 11) is 3.06. The second-order valence-corrected chi connectivity index (χ2v) is 4.94. The summed E-state index contributed by atoms with van der Waals surface area (Å²) in [5.41, 5.74) is 0.603. The van der Waals surface area contributed by atoms with Crippen LogP contribution in [0.25, 0.3) is 11.4 Å². The maximum absolute atomic E-state index is 13.5. The number of hydrogen-bond donors (Lipinski definition) is 0. The van der Waals surface area contributed by atoms with E-state index in [1.165, 1.54) is 13.2 Å². The summed E-state index contributed by atoms with van der Waals surface area (Å²) in [6, 6.07) is 8.17. The second-order valence-electron chi connectivity index (χ2n) is 4.94. The number of methoxy groups -OCH3 is 2. The largest absolute Gasteiger partial charge is 0.497 e. The molecule has 25 heavy (non-hydrogen) atoms. The van der Waals surface area contributed by atoms with Crippen molar-refractivity contribution in [3.05, 3.63) is 53.9 Å². The molecule has 2 aromatic carbocycles. The maximum Gasteiger partial charge on any atom is 0.264 e.